The Kier molecular flexibility index (Phi) is 3.76. The minimum absolute atomic E-state index is 0.114. The minimum Gasteiger partial charge on any atom is -0.489 e. The van der Waals surface area contributed by atoms with Gasteiger partial charge in [0.15, 0.2) is 11.4 Å². The Morgan fingerprint density at radius 3 is 2.96 bits per heavy atom. The number of fused-ring (bicyclic) bond motifs is 2. The average molecular weight is 359 g/mol. The highest BCUT2D eigenvalue weighted by atomic mass is 35.5. The van der Waals surface area contributed by atoms with Crippen molar-refractivity contribution in [1.29, 1.82) is 0 Å². The molecule has 0 atom stereocenters. The molecule has 1 aliphatic rings. The first-order valence-corrected chi connectivity index (χ1v) is 8.57. The smallest absolute Gasteiger partial charge is 0.174 e. The van der Waals surface area contributed by atoms with Gasteiger partial charge in [-0.15, -0.1) is 0 Å². The lowest BCUT2D eigenvalue weighted by Crippen LogP contribution is -2.32. The van der Waals surface area contributed by atoms with E-state index < -0.39 is 0 Å². The number of aryl methyl sites for hydroxylation is 1. The molecule has 130 valence electrons. The van der Waals surface area contributed by atoms with Gasteiger partial charge in [-0.25, -0.2) is 0 Å². The molecule has 4 rings (SSSR count). The number of aromatic nitrogens is 1. The van der Waals surface area contributed by atoms with Crippen molar-refractivity contribution in [3.05, 3.63) is 46.5 Å². The second-order valence-electron chi connectivity index (χ2n) is 6.93. The summed E-state index contributed by atoms with van der Waals surface area (Å²) >= 11 is 6.32. The zero-order valence-corrected chi connectivity index (χ0v) is 14.9. The molecule has 0 unspecified atom stereocenters. The van der Waals surface area contributed by atoms with E-state index >= 15 is 0 Å². The van der Waals surface area contributed by atoms with Crippen LogP contribution in [0.5, 0.6) is 11.5 Å². The van der Waals surface area contributed by atoms with E-state index in [1.165, 1.54) is 5.56 Å². The van der Waals surface area contributed by atoms with Crippen LogP contribution in [0.3, 0.4) is 0 Å². The molecule has 1 aliphatic heterocycles. The molecule has 2 heterocycles. The fourth-order valence-electron chi connectivity index (χ4n) is 3.02. The number of nitrogens with two attached hydrogens (primary N) is 1. The van der Waals surface area contributed by atoms with E-state index in [9.17, 15) is 0 Å². The van der Waals surface area contributed by atoms with Crippen molar-refractivity contribution >= 4 is 28.4 Å². The molecule has 0 aliphatic carbocycles. The highest BCUT2D eigenvalue weighted by Crippen LogP contribution is 2.35. The second-order valence-corrected chi connectivity index (χ2v) is 7.33. The molecule has 0 spiro atoms. The van der Waals surface area contributed by atoms with Crippen LogP contribution in [0, 0.1) is 0 Å². The van der Waals surface area contributed by atoms with E-state index in [2.05, 4.69) is 19.0 Å². The highest BCUT2D eigenvalue weighted by Gasteiger charge is 2.26. The summed E-state index contributed by atoms with van der Waals surface area (Å²) in [4.78, 5) is 0. The monoisotopic (exact) mass is 358 g/mol. The fraction of sp³-hybridized carbons (Fsp3) is 0.316. The van der Waals surface area contributed by atoms with Crippen LogP contribution >= 0.6 is 11.6 Å². The lowest BCUT2D eigenvalue weighted by molar-refractivity contribution is 0.0844. The molecule has 0 bridgehead atoms. The van der Waals surface area contributed by atoms with Gasteiger partial charge in [0.05, 0.1) is 5.39 Å². The summed E-state index contributed by atoms with van der Waals surface area (Å²) in [5.74, 6) is 2.05. The Balaban J connectivity index is 1.53. The number of halogens is 1. The van der Waals surface area contributed by atoms with E-state index in [4.69, 9.17) is 31.3 Å². The van der Waals surface area contributed by atoms with Gasteiger partial charge >= 0.3 is 0 Å². The molecule has 2 N–H and O–H groups in total. The topological polar surface area (TPSA) is 70.5 Å². The molecule has 0 fully saturated rings. The van der Waals surface area contributed by atoms with Gasteiger partial charge in [-0.05, 0) is 62.6 Å². The van der Waals surface area contributed by atoms with Crippen molar-refractivity contribution in [2.75, 3.05) is 5.73 Å². The number of rotatable bonds is 3. The number of hydrogen-bond acceptors (Lipinski definition) is 5. The number of nitrogens with zero attached hydrogens (tertiary/aromatic N) is 1. The van der Waals surface area contributed by atoms with Crippen LogP contribution in [0.1, 0.15) is 31.4 Å². The summed E-state index contributed by atoms with van der Waals surface area (Å²) in [7, 11) is 0. The van der Waals surface area contributed by atoms with Gasteiger partial charge in [0.1, 0.15) is 23.7 Å². The van der Waals surface area contributed by atoms with E-state index in [1.54, 1.807) is 6.07 Å². The first-order valence-electron chi connectivity index (χ1n) is 8.19. The maximum Gasteiger partial charge on any atom is 0.174 e. The standard InChI is InChI=1S/C19H19ClN2O3/c1-19(2)6-5-11-7-13(3-4-16(11)24-19)23-10-12-8-17-14(9-15(12)20)18(21)22-25-17/h3-4,7-9H,5-6,10H2,1-2H3,(H2,21,22). The van der Waals surface area contributed by atoms with E-state index in [1.807, 2.05) is 24.3 Å². The Hall–Kier alpha value is -2.40. The molecule has 3 aromatic rings. The van der Waals surface area contributed by atoms with Crippen LogP contribution < -0.4 is 15.2 Å². The van der Waals surface area contributed by atoms with Crippen LogP contribution in [0.25, 0.3) is 11.0 Å². The zero-order valence-electron chi connectivity index (χ0n) is 14.1. The lowest BCUT2D eigenvalue weighted by Gasteiger charge is -2.32. The van der Waals surface area contributed by atoms with Gasteiger partial charge < -0.3 is 19.7 Å². The number of benzene rings is 2. The van der Waals surface area contributed by atoms with Gasteiger partial charge in [0, 0.05) is 10.6 Å². The predicted molar refractivity (Wildman–Crippen MR) is 97.2 cm³/mol. The average Bonchev–Trinajstić information content (AvgIpc) is 2.92. The number of hydrogen-bond donors (Lipinski definition) is 1. The molecule has 6 heteroatoms. The Bertz CT molecular complexity index is 949. The summed E-state index contributed by atoms with van der Waals surface area (Å²) < 4.78 is 17.1. The predicted octanol–water partition coefficient (Wildman–Crippen LogP) is 4.75. The zero-order chi connectivity index (χ0) is 17.6. The summed E-state index contributed by atoms with van der Waals surface area (Å²) in [5, 5.41) is 5.03. The van der Waals surface area contributed by atoms with Crippen LogP contribution in [0.4, 0.5) is 5.82 Å². The van der Waals surface area contributed by atoms with Crippen molar-refractivity contribution in [3.8, 4) is 11.5 Å². The van der Waals surface area contributed by atoms with Gasteiger partial charge in [-0.2, -0.15) is 0 Å². The maximum absolute atomic E-state index is 6.32. The van der Waals surface area contributed by atoms with Crippen LogP contribution in [-0.2, 0) is 13.0 Å². The van der Waals surface area contributed by atoms with Crippen molar-refractivity contribution < 1.29 is 14.0 Å². The Morgan fingerprint density at radius 1 is 1.28 bits per heavy atom. The number of ether oxygens (including phenoxy) is 2. The molecule has 0 amide bonds. The van der Waals surface area contributed by atoms with Crippen molar-refractivity contribution in [2.24, 2.45) is 0 Å². The SMILES string of the molecule is CC1(C)CCc2cc(OCc3cc4onc(N)c4cc3Cl)ccc2O1. The van der Waals surface area contributed by atoms with E-state index in [0.717, 1.165) is 29.9 Å². The molecular formula is C19H19ClN2O3. The number of anilines is 1. The molecule has 25 heavy (non-hydrogen) atoms. The third-order valence-electron chi connectivity index (χ3n) is 4.48. The molecule has 0 saturated heterocycles. The number of nitrogen functional groups attached to an aromatic ring is 1. The quantitative estimate of drug-likeness (QED) is 0.731. The molecule has 2 aromatic carbocycles. The van der Waals surface area contributed by atoms with Crippen LogP contribution in [-0.4, -0.2) is 10.8 Å². The largest absolute Gasteiger partial charge is 0.489 e. The molecule has 0 saturated carbocycles. The molecule has 5 nitrogen and oxygen atoms in total. The summed E-state index contributed by atoms with van der Waals surface area (Å²) in [6.07, 6.45) is 1.96. The van der Waals surface area contributed by atoms with Crippen molar-refractivity contribution in [2.45, 2.75) is 38.9 Å². The molecule has 0 radical (unpaired) electrons. The van der Waals surface area contributed by atoms with Crippen LogP contribution in [0.15, 0.2) is 34.9 Å². The fourth-order valence-corrected chi connectivity index (χ4v) is 3.23. The lowest BCUT2D eigenvalue weighted by atomic mass is 9.94. The van der Waals surface area contributed by atoms with Crippen LogP contribution in [0.2, 0.25) is 5.02 Å². The Morgan fingerprint density at radius 2 is 2.12 bits per heavy atom. The third kappa shape index (κ3) is 3.12. The van der Waals surface area contributed by atoms with E-state index in [-0.39, 0.29) is 5.60 Å². The van der Waals surface area contributed by atoms with Gasteiger partial charge in [-0.1, -0.05) is 16.8 Å². The summed E-state index contributed by atoms with van der Waals surface area (Å²) in [5.41, 5.74) is 8.21. The first kappa shape index (κ1) is 16.1. The van der Waals surface area contributed by atoms with E-state index in [0.29, 0.717) is 28.4 Å². The first-order chi connectivity index (χ1) is 11.9. The second kappa shape index (κ2) is 5.85. The highest BCUT2D eigenvalue weighted by molar-refractivity contribution is 6.32. The minimum atomic E-state index is -0.114. The van der Waals surface area contributed by atoms with Crippen molar-refractivity contribution in [1.82, 2.24) is 5.16 Å². The maximum atomic E-state index is 6.32. The summed E-state index contributed by atoms with van der Waals surface area (Å²) in [6.45, 7) is 4.55. The normalized spacial score (nSPS) is 15.6. The van der Waals surface area contributed by atoms with Gasteiger partial charge in [0.25, 0.3) is 0 Å². The molecule has 1 aromatic heterocycles. The molecular weight excluding hydrogens is 340 g/mol. The Labute approximate surface area is 150 Å². The summed E-state index contributed by atoms with van der Waals surface area (Å²) in [6, 6.07) is 9.48. The third-order valence-corrected chi connectivity index (χ3v) is 4.83. The van der Waals surface area contributed by atoms with Crippen molar-refractivity contribution in [3.63, 3.8) is 0 Å². The van der Waals surface area contributed by atoms with Gasteiger partial charge in [0.2, 0.25) is 0 Å². The van der Waals surface area contributed by atoms with Gasteiger partial charge in [-0.3, -0.25) is 0 Å².